The Morgan fingerprint density at radius 2 is 1.75 bits per heavy atom. The zero-order valence-corrected chi connectivity index (χ0v) is 14.4. The highest BCUT2D eigenvalue weighted by atomic mass is 19.1. The fraction of sp³-hybridized carbons (Fsp3) is 0.700. The number of rotatable bonds is 3. The molecule has 2 heterocycles. The molecule has 3 fully saturated rings. The summed E-state index contributed by atoms with van der Waals surface area (Å²) in [5.74, 6) is 0.119. The predicted octanol–water partition coefficient (Wildman–Crippen LogP) is 4.19. The zero-order valence-electron chi connectivity index (χ0n) is 14.4. The molecule has 1 aliphatic carbocycles. The van der Waals surface area contributed by atoms with Crippen molar-refractivity contribution in [3.8, 4) is 0 Å². The van der Waals surface area contributed by atoms with Crippen molar-refractivity contribution in [1.29, 1.82) is 0 Å². The van der Waals surface area contributed by atoms with Gasteiger partial charge in [-0.15, -0.1) is 0 Å². The Morgan fingerprint density at radius 1 is 0.917 bits per heavy atom. The monoisotopic (exact) mass is 334 g/mol. The minimum Gasteiger partial charge on any atom is -0.298 e. The molecule has 0 radical (unpaired) electrons. The number of nitrogens with zero attached hydrogens (tertiary/aromatic N) is 2. The van der Waals surface area contributed by atoms with Gasteiger partial charge in [0.05, 0.1) is 0 Å². The molecule has 132 valence electrons. The van der Waals surface area contributed by atoms with E-state index in [4.69, 9.17) is 0 Å². The molecule has 2 atom stereocenters. The summed E-state index contributed by atoms with van der Waals surface area (Å²) in [6.07, 6.45) is 9.18. The van der Waals surface area contributed by atoms with E-state index in [0.717, 1.165) is 19.0 Å². The van der Waals surface area contributed by atoms with E-state index in [1.54, 1.807) is 0 Å². The third kappa shape index (κ3) is 3.23. The molecule has 0 unspecified atom stereocenters. The number of fused-ring (bicyclic) bond motifs is 1. The molecule has 2 aliphatic heterocycles. The lowest BCUT2D eigenvalue weighted by Gasteiger charge is -2.49. The minimum absolute atomic E-state index is 0.271. The summed E-state index contributed by atoms with van der Waals surface area (Å²) in [5, 5.41) is 0. The van der Waals surface area contributed by atoms with Crippen LogP contribution in [0.1, 0.15) is 50.5 Å². The largest absolute Gasteiger partial charge is 0.298 e. The lowest BCUT2D eigenvalue weighted by molar-refractivity contribution is -0.00435. The minimum atomic E-state index is -0.333. The Bertz CT molecular complexity index is 571. The molecule has 0 N–H and O–H groups in total. The van der Waals surface area contributed by atoms with E-state index in [2.05, 4.69) is 9.80 Å². The summed E-state index contributed by atoms with van der Waals surface area (Å²) < 4.78 is 27.7. The maximum Gasteiger partial charge on any atom is 0.127 e. The summed E-state index contributed by atoms with van der Waals surface area (Å²) in [6.45, 7) is 3.82. The molecule has 3 aliphatic rings. The number of benzene rings is 1. The van der Waals surface area contributed by atoms with Crippen molar-refractivity contribution in [2.75, 3.05) is 19.6 Å². The van der Waals surface area contributed by atoms with Crippen molar-refractivity contribution in [3.63, 3.8) is 0 Å². The predicted molar refractivity (Wildman–Crippen MR) is 91.7 cm³/mol. The fourth-order valence-corrected chi connectivity index (χ4v) is 5.32. The normalized spacial score (nSPS) is 29.8. The summed E-state index contributed by atoms with van der Waals surface area (Å²) in [7, 11) is 0. The maximum absolute atomic E-state index is 14.2. The van der Waals surface area contributed by atoms with Crippen molar-refractivity contribution in [1.82, 2.24) is 9.80 Å². The van der Waals surface area contributed by atoms with E-state index < -0.39 is 0 Å². The van der Waals surface area contributed by atoms with Crippen LogP contribution >= 0.6 is 0 Å². The van der Waals surface area contributed by atoms with Crippen molar-refractivity contribution < 1.29 is 8.78 Å². The van der Waals surface area contributed by atoms with Crippen molar-refractivity contribution in [3.05, 3.63) is 35.4 Å². The average molecular weight is 334 g/mol. The Balaban J connectivity index is 1.58. The highest BCUT2D eigenvalue weighted by Crippen LogP contribution is 2.38. The molecule has 0 aromatic heterocycles. The molecular weight excluding hydrogens is 306 g/mol. The van der Waals surface area contributed by atoms with Crippen LogP contribution in [0.5, 0.6) is 0 Å². The first-order valence-electron chi connectivity index (χ1n) is 9.64. The lowest BCUT2D eigenvalue weighted by Crippen LogP contribution is -2.59. The topological polar surface area (TPSA) is 6.48 Å². The molecule has 0 bridgehead atoms. The first-order valence-corrected chi connectivity index (χ1v) is 9.64. The first kappa shape index (κ1) is 16.5. The van der Waals surface area contributed by atoms with Gasteiger partial charge in [-0.25, -0.2) is 8.78 Å². The van der Waals surface area contributed by atoms with Crippen LogP contribution < -0.4 is 0 Å². The second-order valence-corrected chi connectivity index (χ2v) is 7.84. The molecule has 4 rings (SSSR count). The van der Waals surface area contributed by atoms with Gasteiger partial charge in [-0.3, -0.25) is 9.80 Å². The van der Waals surface area contributed by atoms with Crippen LogP contribution in [0.15, 0.2) is 18.2 Å². The lowest BCUT2D eigenvalue weighted by atomic mass is 9.78. The van der Waals surface area contributed by atoms with Crippen LogP contribution in [-0.2, 0) is 6.54 Å². The van der Waals surface area contributed by atoms with E-state index in [1.807, 2.05) is 0 Å². The van der Waals surface area contributed by atoms with Gasteiger partial charge in [0.15, 0.2) is 0 Å². The van der Waals surface area contributed by atoms with Gasteiger partial charge in [0, 0.05) is 37.3 Å². The molecule has 1 aromatic carbocycles. The van der Waals surface area contributed by atoms with E-state index in [-0.39, 0.29) is 11.6 Å². The van der Waals surface area contributed by atoms with Crippen LogP contribution in [0, 0.1) is 17.6 Å². The quantitative estimate of drug-likeness (QED) is 0.818. The molecule has 2 nitrogen and oxygen atoms in total. The number of hydrogen-bond donors (Lipinski definition) is 0. The maximum atomic E-state index is 14.2. The molecule has 0 spiro atoms. The van der Waals surface area contributed by atoms with E-state index in [0.29, 0.717) is 24.2 Å². The number of halogens is 2. The van der Waals surface area contributed by atoms with Gasteiger partial charge in [-0.2, -0.15) is 0 Å². The van der Waals surface area contributed by atoms with Gasteiger partial charge < -0.3 is 0 Å². The summed E-state index contributed by atoms with van der Waals surface area (Å²) >= 11 is 0. The fourth-order valence-electron chi connectivity index (χ4n) is 5.32. The van der Waals surface area contributed by atoms with Gasteiger partial charge >= 0.3 is 0 Å². The standard InChI is InChI=1S/C20H28F2N2/c21-17-8-9-18(22)16(13-17)14-24-12-11-23-10-4-7-19(23)20(24)15-5-2-1-3-6-15/h8-9,13,15,19-20H,1-7,10-12,14H2/t19-,20-/m0/s1. The molecule has 4 heteroatoms. The second-order valence-electron chi connectivity index (χ2n) is 7.84. The van der Waals surface area contributed by atoms with Crippen LogP contribution in [0.4, 0.5) is 8.78 Å². The molecule has 2 saturated heterocycles. The van der Waals surface area contributed by atoms with Crippen LogP contribution in [0.2, 0.25) is 0 Å². The smallest absolute Gasteiger partial charge is 0.127 e. The molecule has 1 saturated carbocycles. The molecule has 24 heavy (non-hydrogen) atoms. The summed E-state index contributed by atoms with van der Waals surface area (Å²) in [5.41, 5.74) is 0.516. The van der Waals surface area contributed by atoms with Crippen LogP contribution in [-0.4, -0.2) is 41.5 Å². The van der Waals surface area contributed by atoms with Gasteiger partial charge in [0.2, 0.25) is 0 Å². The van der Waals surface area contributed by atoms with E-state index in [1.165, 1.54) is 69.7 Å². The average Bonchev–Trinajstić information content (AvgIpc) is 3.07. The van der Waals surface area contributed by atoms with Gasteiger partial charge in [0.1, 0.15) is 11.6 Å². The van der Waals surface area contributed by atoms with Crippen LogP contribution in [0.25, 0.3) is 0 Å². The highest BCUT2D eigenvalue weighted by molar-refractivity contribution is 5.19. The third-order valence-corrected chi connectivity index (χ3v) is 6.42. The van der Waals surface area contributed by atoms with Gasteiger partial charge in [0.25, 0.3) is 0 Å². The number of piperazine rings is 1. The molecule has 1 aromatic rings. The third-order valence-electron chi connectivity index (χ3n) is 6.42. The van der Waals surface area contributed by atoms with E-state index in [9.17, 15) is 8.78 Å². The molecular formula is C20H28F2N2. The first-order chi connectivity index (χ1) is 11.7. The SMILES string of the molecule is Fc1ccc(F)c(CN2CCN3CCC[C@H]3[C@@H]2C2CCCCC2)c1. The Morgan fingerprint density at radius 3 is 2.58 bits per heavy atom. The van der Waals surface area contributed by atoms with Crippen molar-refractivity contribution >= 4 is 0 Å². The van der Waals surface area contributed by atoms with Gasteiger partial charge in [-0.1, -0.05) is 19.3 Å². The van der Waals surface area contributed by atoms with Crippen molar-refractivity contribution in [2.24, 2.45) is 5.92 Å². The van der Waals surface area contributed by atoms with E-state index >= 15 is 0 Å². The van der Waals surface area contributed by atoms with Crippen LogP contribution in [0.3, 0.4) is 0 Å². The molecule has 0 amide bonds. The van der Waals surface area contributed by atoms with Crippen molar-refractivity contribution in [2.45, 2.75) is 63.6 Å². The second kappa shape index (κ2) is 7.09. The Kier molecular flexibility index (Phi) is 4.86. The zero-order chi connectivity index (χ0) is 16.5. The summed E-state index contributed by atoms with van der Waals surface area (Å²) in [6, 6.07) is 5.01. The Hall–Kier alpha value is -1.00. The Labute approximate surface area is 143 Å². The van der Waals surface area contributed by atoms with Gasteiger partial charge in [-0.05, 0) is 56.3 Å². The summed E-state index contributed by atoms with van der Waals surface area (Å²) in [4.78, 5) is 5.12. The number of hydrogen-bond acceptors (Lipinski definition) is 2. The highest BCUT2D eigenvalue weighted by Gasteiger charge is 2.43.